The van der Waals surface area contributed by atoms with Gasteiger partial charge in [0.25, 0.3) is 5.91 Å². The molecule has 0 aliphatic heterocycles. The normalized spacial score (nSPS) is 10.8. The molecular formula is C15H17ClN2OS. The molecule has 106 valence electrons. The summed E-state index contributed by atoms with van der Waals surface area (Å²) in [6.45, 7) is 4.62. The Labute approximate surface area is 128 Å². The third kappa shape index (κ3) is 3.32. The highest BCUT2D eigenvalue weighted by atomic mass is 35.5. The van der Waals surface area contributed by atoms with Crippen molar-refractivity contribution < 1.29 is 4.79 Å². The van der Waals surface area contributed by atoms with Crippen molar-refractivity contribution in [1.29, 1.82) is 0 Å². The van der Waals surface area contributed by atoms with E-state index in [4.69, 9.17) is 17.3 Å². The largest absolute Gasteiger partial charge is 0.398 e. The van der Waals surface area contributed by atoms with E-state index in [1.54, 1.807) is 29.5 Å². The van der Waals surface area contributed by atoms with E-state index in [2.05, 4.69) is 0 Å². The van der Waals surface area contributed by atoms with Gasteiger partial charge in [-0.1, -0.05) is 17.7 Å². The van der Waals surface area contributed by atoms with Crippen molar-refractivity contribution in [2.45, 2.75) is 26.4 Å². The first-order chi connectivity index (χ1) is 9.49. The number of thiophene rings is 1. The Kier molecular flexibility index (Phi) is 4.68. The number of nitrogen functional groups attached to an aromatic ring is 1. The van der Waals surface area contributed by atoms with Crippen LogP contribution in [0.4, 0.5) is 5.69 Å². The van der Waals surface area contributed by atoms with Crippen LogP contribution in [0.3, 0.4) is 0 Å². The van der Waals surface area contributed by atoms with Crippen LogP contribution in [0.25, 0.3) is 0 Å². The Morgan fingerprint density at radius 1 is 1.40 bits per heavy atom. The van der Waals surface area contributed by atoms with Gasteiger partial charge >= 0.3 is 0 Å². The molecule has 0 aliphatic carbocycles. The SMILES string of the molecule is CC(C)N(Cc1cccs1)C(=O)c1ccc(N)c(Cl)c1. The average molecular weight is 309 g/mol. The molecule has 2 rings (SSSR count). The fourth-order valence-electron chi connectivity index (χ4n) is 1.89. The van der Waals surface area contributed by atoms with Gasteiger partial charge in [0.1, 0.15) is 0 Å². The Bertz CT molecular complexity index is 596. The van der Waals surface area contributed by atoms with E-state index in [1.165, 1.54) is 0 Å². The van der Waals surface area contributed by atoms with Crippen molar-refractivity contribution >= 4 is 34.5 Å². The number of amides is 1. The topological polar surface area (TPSA) is 46.3 Å². The van der Waals surface area contributed by atoms with Gasteiger partial charge in [0.15, 0.2) is 0 Å². The van der Waals surface area contributed by atoms with Crippen LogP contribution in [0.5, 0.6) is 0 Å². The zero-order chi connectivity index (χ0) is 14.7. The first-order valence-corrected chi connectivity index (χ1v) is 7.63. The van der Waals surface area contributed by atoms with Crippen LogP contribution < -0.4 is 5.73 Å². The zero-order valence-corrected chi connectivity index (χ0v) is 13.0. The van der Waals surface area contributed by atoms with Crippen molar-refractivity contribution in [2.24, 2.45) is 0 Å². The van der Waals surface area contributed by atoms with Crippen LogP contribution in [0.1, 0.15) is 29.1 Å². The van der Waals surface area contributed by atoms with Crippen molar-refractivity contribution in [2.75, 3.05) is 5.73 Å². The fourth-order valence-corrected chi connectivity index (χ4v) is 2.77. The monoisotopic (exact) mass is 308 g/mol. The van der Waals surface area contributed by atoms with Gasteiger partial charge in [0, 0.05) is 16.5 Å². The van der Waals surface area contributed by atoms with Gasteiger partial charge in [-0.05, 0) is 43.5 Å². The van der Waals surface area contributed by atoms with Gasteiger partial charge in [-0.3, -0.25) is 4.79 Å². The number of nitrogens with two attached hydrogens (primary N) is 1. The molecule has 0 unspecified atom stereocenters. The highest BCUT2D eigenvalue weighted by Crippen LogP contribution is 2.22. The van der Waals surface area contributed by atoms with Crippen molar-refractivity contribution in [3.05, 3.63) is 51.2 Å². The number of benzene rings is 1. The summed E-state index contributed by atoms with van der Waals surface area (Å²) in [4.78, 5) is 15.6. The molecule has 0 aliphatic rings. The molecule has 0 atom stereocenters. The molecule has 0 bridgehead atoms. The standard InChI is InChI=1S/C15H17ClN2OS/c1-10(2)18(9-12-4-3-7-20-12)15(19)11-5-6-14(17)13(16)8-11/h3-8,10H,9,17H2,1-2H3. The van der Waals surface area contributed by atoms with E-state index in [9.17, 15) is 4.79 Å². The van der Waals surface area contributed by atoms with Gasteiger partial charge in [-0.15, -0.1) is 11.3 Å². The quantitative estimate of drug-likeness (QED) is 0.867. The summed E-state index contributed by atoms with van der Waals surface area (Å²) in [7, 11) is 0. The summed E-state index contributed by atoms with van der Waals surface area (Å²) in [6, 6.07) is 9.14. The molecular weight excluding hydrogens is 292 g/mol. The molecule has 1 aromatic carbocycles. The molecule has 0 saturated carbocycles. The summed E-state index contributed by atoms with van der Waals surface area (Å²) in [5, 5.41) is 2.42. The minimum Gasteiger partial charge on any atom is -0.398 e. The molecule has 0 radical (unpaired) electrons. The number of carbonyl (C=O) groups excluding carboxylic acids is 1. The fraction of sp³-hybridized carbons (Fsp3) is 0.267. The van der Waals surface area contributed by atoms with Crippen LogP contribution in [0.2, 0.25) is 5.02 Å². The number of nitrogens with zero attached hydrogens (tertiary/aromatic N) is 1. The molecule has 3 nitrogen and oxygen atoms in total. The second kappa shape index (κ2) is 6.29. The number of hydrogen-bond acceptors (Lipinski definition) is 3. The number of halogens is 1. The summed E-state index contributed by atoms with van der Waals surface area (Å²) in [5.74, 6) is -0.0321. The maximum absolute atomic E-state index is 12.6. The predicted octanol–water partition coefficient (Wildman–Crippen LogP) is 4.03. The lowest BCUT2D eigenvalue weighted by molar-refractivity contribution is 0.0692. The smallest absolute Gasteiger partial charge is 0.254 e. The lowest BCUT2D eigenvalue weighted by atomic mass is 10.1. The van der Waals surface area contributed by atoms with Crippen molar-refractivity contribution in [3.63, 3.8) is 0 Å². The Balaban J connectivity index is 2.24. The summed E-state index contributed by atoms with van der Waals surface area (Å²) < 4.78 is 0. The van der Waals surface area contributed by atoms with E-state index < -0.39 is 0 Å². The van der Waals surface area contributed by atoms with Crippen LogP contribution >= 0.6 is 22.9 Å². The maximum Gasteiger partial charge on any atom is 0.254 e. The Morgan fingerprint density at radius 2 is 2.15 bits per heavy atom. The average Bonchev–Trinajstić information content (AvgIpc) is 2.91. The molecule has 0 saturated heterocycles. The maximum atomic E-state index is 12.6. The lowest BCUT2D eigenvalue weighted by Gasteiger charge is -2.26. The van der Waals surface area contributed by atoms with Crippen LogP contribution in [-0.4, -0.2) is 16.8 Å². The van der Waals surface area contributed by atoms with Gasteiger partial charge in [-0.2, -0.15) is 0 Å². The molecule has 1 heterocycles. The number of rotatable bonds is 4. The summed E-state index contributed by atoms with van der Waals surface area (Å²) >= 11 is 7.64. The van der Waals surface area contributed by atoms with Gasteiger partial charge in [0.05, 0.1) is 17.3 Å². The van der Waals surface area contributed by atoms with Crippen molar-refractivity contribution in [1.82, 2.24) is 4.90 Å². The third-order valence-corrected chi connectivity index (χ3v) is 4.23. The highest BCUT2D eigenvalue weighted by Gasteiger charge is 2.20. The van der Waals surface area contributed by atoms with E-state index >= 15 is 0 Å². The van der Waals surface area contributed by atoms with E-state index in [0.29, 0.717) is 22.8 Å². The van der Waals surface area contributed by atoms with E-state index in [-0.39, 0.29) is 11.9 Å². The molecule has 2 N–H and O–H groups in total. The number of carbonyl (C=O) groups is 1. The molecule has 2 aromatic rings. The Morgan fingerprint density at radius 3 is 2.70 bits per heavy atom. The predicted molar refractivity (Wildman–Crippen MR) is 85.2 cm³/mol. The summed E-state index contributed by atoms with van der Waals surface area (Å²) in [5.41, 5.74) is 6.73. The van der Waals surface area contributed by atoms with E-state index in [0.717, 1.165) is 4.88 Å². The van der Waals surface area contributed by atoms with Gasteiger partial charge < -0.3 is 10.6 Å². The van der Waals surface area contributed by atoms with Gasteiger partial charge in [0.2, 0.25) is 0 Å². The first-order valence-electron chi connectivity index (χ1n) is 6.37. The first kappa shape index (κ1) is 14.9. The molecule has 0 spiro atoms. The summed E-state index contributed by atoms with van der Waals surface area (Å²) in [6.07, 6.45) is 0. The van der Waals surface area contributed by atoms with E-state index in [1.807, 2.05) is 36.3 Å². The Hall–Kier alpha value is -1.52. The number of anilines is 1. The highest BCUT2D eigenvalue weighted by molar-refractivity contribution is 7.09. The minimum atomic E-state index is -0.0321. The minimum absolute atomic E-state index is 0.0321. The second-order valence-electron chi connectivity index (χ2n) is 4.84. The molecule has 20 heavy (non-hydrogen) atoms. The zero-order valence-electron chi connectivity index (χ0n) is 11.5. The molecule has 5 heteroatoms. The molecule has 0 fully saturated rings. The third-order valence-electron chi connectivity index (χ3n) is 3.04. The lowest BCUT2D eigenvalue weighted by Crippen LogP contribution is -2.36. The van der Waals surface area contributed by atoms with Crippen molar-refractivity contribution in [3.8, 4) is 0 Å². The second-order valence-corrected chi connectivity index (χ2v) is 6.28. The van der Waals surface area contributed by atoms with Crippen LogP contribution in [0, 0.1) is 0 Å². The van der Waals surface area contributed by atoms with Crippen LogP contribution in [-0.2, 0) is 6.54 Å². The van der Waals surface area contributed by atoms with Gasteiger partial charge in [-0.25, -0.2) is 0 Å². The van der Waals surface area contributed by atoms with Crippen LogP contribution in [0.15, 0.2) is 35.7 Å². The molecule has 1 amide bonds. The number of hydrogen-bond donors (Lipinski definition) is 1. The molecule has 1 aromatic heterocycles.